The van der Waals surface area contributed by atoms with Gasteiger partial charge >= 0.3 is 0 Å². The predicted molar refractivity (Wildman–Crippen MR) is 73.2 cm³/mol. The molecule has 0 saturated carbocycles. The molecule has 0 aliphatic heterocycles. The third-order valence-electron chi connectivity index (χ3n) is 3.86. The molecule has 96 valence electrons. The van der Waals surface area contributed by atoms with Crippen molar-refractivity contribution in [1.82, 2.24) is 18.9 Å². The van der Waals surface area contributed by atoms with Crippen LogP contribution in [0.25, 0.3) is 5.65 Å². The summed E-state index contributed by atoms with van der Waals surface area (Å²) in [7, 11) is 0. The summed E-state index contributed by atoms with van der Waals surface area (Å²) >= 11 is 0. The van der Waals surface area contributed by atoms with Gasteiger partial charge in [0, 0.05) is 18.1 Å². The average molecular weight is 252 g/mol. The van der Waals surface area contributed by atoms with Crippen LogP contribution in [0.2, 0.25) is 0 Å². The Hall–Kier alpha value is -2.10. The van der Waals surface area contributed by atoms with Crippen molar-refractivity contribution in [2.45, 2.75) is 32.2 Å². The van der Waals surface area contributed by atoms with E-state index in [0.717, 1.165) is 30.7 Å². The highest BCUT2D eigenvalue weighted by molar-refractivity contribution is 5.39. The van der Waals surface area contributed by atoms with Crippen molar-refractivity contribution in [2.75, 3.05) is 0 Å². The maximum Gasteiger partial charge on any atom is 0.137 e. The summed E-state index contributed by atoms with van der Waals surface area (Å²) < 4.78 is 4.33. The maximum absolute atomic E-state index is 4.65. The van der Waals surface area contributed by atoms with Crippen LogP contribution in [0.15, 0.2) is 36.9 Å². The van der Waals surface area contributed by atoms with Crippen LogP contribution in [-0.4, -0.2) is 18.9 Å². The lowest BCUT2D eigenvalue weighted by Crippen LogP contribution is -2.09. The molecule has 4 nitrogen and oxygen atoms in total. The fourth-order valence-electron chi connectivity index (χ4n) is 2.91. The van der Waals surface area contributed by atoms with Gasteiger partial charge in [-0.1, -0.05) is 6.07 Å². The number of hydrogen-bond acceptors (Lipinski definition) is 2. The highest BCUT2D eigenvalue weighted by atomic mass is 15.1. The largest absolute Gasteiger partial charge is 0.328 e. The first kappa shape index (κ1) is 10.8. The van der Waals surface area contributed by atoms with E-state index in [1.54, 1.807) is 0 Å². The van der Waals surface area contributed by atoms with E-state index in [0.29, 0.717) is 0 Å². The third kappa shape index (κ3) is 1.84. The Bertz CT molecular complexity index is 690. The third-order valence-corrected chi connectivity index (χ3v) is 3.86. The minimum Gasteiger partial charge on any atom is -0.328 e. The quantitative estimate of drug-likeness (QED) is 0.702. The Kier molecular flexibility index (Phi) is 2.40. The second-order valence-corrected chi connectivity index (χ2v) is 5.17. The number of fused-ring (bicyclic) bond motifs is 2. The van der Waals surface area contributed by atoms with Gasteiger partial charge in [0.25, 0.3) is 0 Å². The molecule has 0 unspecified atom stereocenters. The van der Waals surface area contributed by atoms with Crippen molar-refractivity contribution in [2.24, 2.45) is 0 Å². The summed E-state index contributed by atoms with van der Waals surface area (Å²) in [5, 5.41) is 0. The summed E-state index contributed by atoms with van der Waals surface area (Å²) in [6.45, 7) is 0.823. The molecule has 0 bridgehead atoms. The lowest BCUT2D eigenvalue weighted by atomic mass is 10.0. The van der Waals surface area contributed by atoms with Gasteiger partial charge in [-0.15, -0.1) is 0 Å². The second-order valence-electron chi connectivity index (χ2n) is 5.17. The summed E-state index contributed by atoms with van der Waals surface area (Å²) in [5.41, 5.74) is 4.79. The minimum atomic E-state index is 0.823. The van der Waals surface area contributed by atoms with Crippen molar-refractivity contribution in [3.8, 4) is 0 Å². The Balaban J connectivity index is 1.69. The minimum absolute atomic E-state index is 0.823. The first-order valence-electron chi connectivity index (χ1n) is 6.86. The molecule has 3 heterocycles. The Morgan fingerprint density at radius 2 is 2.11 bits per heavy atom. The van der Waals surface area contributed by atoms with E-state index in [2.05, 4.69) is 25.1 Å². The molecule has 3 aromatic rings. The number of aryl methyl sites for hydroxylation is 1. The van der Waals surface area contributed by atoms with Crippen LogP contribution in [0.1, 0.15) is 29.9 Å². The zero-order valence-electron chi connectivity index (χ0n) is 10.8. The van der Waals surface area contributed by atoms with Crippen molar-refractivity contribution >= 4 is 5.65 Å². The molecule has 0 radical (unpaired) electrons. The monoisotopic (exact) mass is 252 g/mol. The molecule has 0 N–H and O–H groups in total. The second kappa shape index (κ2) is 4.23. The van der Waals surface area contributed by atoms with Gasteiger partial charge in [0.1, 0.15) is 5.65 Å². The molecule has 3 aromatic heterocycles. The van der Waals surface area contributed by atoms with E-state index in [1.165, 1.54) is 24.2 Å². The lowest BCUT2D eigenvalue weighted by molar-refractivity contribution is 0.626. The normalized spacial score (nSPS) is 14.7. The molecule has 4 heteroatoms. The highest BCUT2D eigenvalue weighted by Crippen LogP contribution is 2.20. The maximum atomic E-state index is 4.65. The van der Waals surface area contributed by atoms with Gasteiger partial charge in [0.05, 0.1) is 24.3 Å². The number of aromatic nitrogens is 4. The SMILES string of the molecule is c1ccn2cc(Cn3cnc4c3CCCC4)nc2c1. The van der Waals surface area contributed by atoms with E-state index < -0.39 is 0 Å². The van der Waals surface area contributed by atoms with E-state index in [-0.39, 0.29) is 0 Å². The van der Waals surface area contributed by atoms with Crippen LogP contribution in [0.3, 0.4) is 0 Å². The van der Waals surface area contributed by atoms with Crippen LogP contribution in [-0.2, 0) is 19.4 Å². The van der Waals surface area contributed by atoms with Crippen LogP contribution < -0.4 is 0 Å². The summed E-state index contributed by atoms with van der Waals surface area (Å²) in [5.74, 6) is 0. The van der Waals surface area contributed by atoms with E-state index in [9.17, 15) is 0 Å². The van der Waals surface area contributed by atoms with Crippen LogP contribution in [0.4, 0.5) is 0 Å². The fourth-order valence-corrected chi connectivity index (χ4v) is 2.91. The molecule has 0 fully saturated rings. The van der Waals surface area contributed by atoms with Crippen molar-refractivity contribution in [1.29, 1.82) is 0 Å². The van der Waals surface area contributed by atoms with Crippen LogP contribution in [0.5, 0.6) is 0 Å². The summed E-state index contributed by atoms with van der Waals surface area (Å²) in [6, 6.07) is 6.08. The molecule has 1 aliphatic carbocycles. The van der Waals surface area contributed by atoms with Gasteiger partial charge in [-0.05, 0) is 37.8 Å². The van der Waals surface area contributed by atoms with Crippen molar-refractivity contribution in [3.63, 3.8) is 0 Å². The molecule has 0 saturated heterocycles. The predicted octanol–water partition coefficient (Wildman–Crippen LogP) is 2.46. The number of rotatable bonds is 2. The standard InChI is InChI=1S/C15H16N4/c1-2-6-14-13(5-1)16-11-19(14)10-12-9-18-8-4-3-7-15(18)17-12/h3-4,7-9,11H,1-2,5-6,10H2. The van der Waals surface area contributed by atoms with Crippen molar-refractivity contribution < 1.29 is 0 Å². The number of imidazole rings is 2. The lowest BCUT2D eigenvalue weighted by Gasteiger charge is -2.13. The van der Waals surface area contributed by atoms with Crippen molar-refractivity contribution in [3.05, 3.63) is 54.0 Å². The smallest absolute Gasteiger partial charge is 0.137 e. The molecular weight excluding hydrogens is 236 g/mol. The summed E-state index contributed by atoms with van der Waals surface area (Å²) in [6.07, 6.45) is 11.0. The molecule has 1 aliphatic rings. The average Bonchev–Trinajstić information content (AvgIpc) is 3.03. The van der Waals surface area contributed by atoms with E-state index >= 15 is 0 Å². The summed E-state index contributed by atoms with van der Waals surface area (Å²) in [4.78, 5) is 9.19. The van der Waals surface area contributed by atoms with Gasteiger partial charge in [0.2, 0.25) is 0 Å². The van der Waals surface area contributed by atoms with E-state index in [1.807, 2.05) is 30.7 Å². The van der Waals surface area contributed by atoms with E-state index in [4.69, 9.17) is 0 Å². The van der Waals surface area contributed by atoms with Gasteiger partial charge < -0.3 is 8.97 Å². The molecule has 0 spiro atoms. The molecule has 0 atom stereocenters. The molecule has 0 amide bonds. The van der Waals surface area contributed by atoms with Gasteiger partial charge in [-0.25, -0.2) is 9.97 Å². The topological polar surface area (TPSA) is 35.1 Å². The number of hydrogen-bond donors (Lipinski definition) is 0. The Labute approximate surface area is 111 Å². The zero-order valence-corrected chi connectivity index (χ0v) is 10.8. The highest BCUT2D eigenvalue weighted by Gasteiger charge is 2.15. The molecule has 0 aromatic carbocycles. The first-order valence-corrected chi connectivity index (χ1v) is 6.86. The number of pyridine rings is 1. The van der Waals surface area contributed by atoms with Gasteiger partial charge in [-0.2, -0.15) is 0 Å². The number of nitrogens with zero attached hydrogens (tertiary/aromatic N) is 4. The fraction of sp³-hybridized carbons (Fsp3) is 0.333. The molecular formula is C15H16N4. The molecule has 19 heavy (non-hydrogen) atoms. The van der Waals surface area contributed by atoms with Crippen LogP contribution >= 0.6 is 0 Å². The zero-order chi connectivity index (χ0) is 12.7. The van der Waals surface area contributed by atoms with Gasteiger partial charge in [-0.3, -0.25) is 0 Å². The van der Waals surface area contributed by atoms with Gasteiger partial charge in [0.15, 0.2) is 0 Å². The van der Waals surface area contributed by atoms with Crippen LogP contribution in [0, 0.1) is 0 Å². The Morgan fingerprint density at radius 3 is 3.05 bits per heavy atom. The Morgan fingerprint density at radius 1 is 1.16 bits per heavy atom. The molecule has 4 rings (SSSR count). The first-order chi connectivity index (χ1) is 9.40.